The van der Waals surface area contributed by atoms with Gasteiger partial charge < -0.3 is 0 Å². The average molecular weight is 245 g/mol. The average Bonchev–Trinajstić information content (AvgIpc) is 2.19. The Balaban J connectivity index is 3.74. The van der Waals surface area contributed by atoms with Gasteiger partial charge in [0.25, 0.3) is 0 Å². The Morgan fingerprint density at radius 1 is 1.07 bits per heavy atom. The SMILES string of the molecule is CCCCOP(=O)(OCl)OCCCC. The van der Waals surface area contributed by atoms with Gasteiger partial charge in [-0.3, -0.25) is 9.05 Å². The summed E-state index contributed by atoms with van der Waals surface area (Å²) in [5, 5.41) is 0. The van der Waals surface area contributed by atoms with Gasteiger partial charge in [-0.2, -0.15) is 4.08 Å². The van der Waals surface area contributed by atoms with Crippen molar-refractivity contribution in [3.63, 3.8) is 0 Å². The summed E-state index contributed by atoms with van der Waals surface area (Å²) in [4.78, 5) is 0. The molecule has 14 heavy (non-hydrogen) atoms. The number of hydrogen-bond acceptors (Lipinski definition) is 4. The molecule has 0 amide bonds. The predicted octanol–water partition coefficient (Wildman–Crippen LogP) is 3.90. The summed E-state index contributed by atoms with van der Waals surface area (Å²) in [6.07, 6.45) is 3.53. The van der Waals surface area contributed by atoms with Gasteiger partial charge in [0.1, 0.15) is 0 Å². The van der Waals surface area contributed by atoms with Crippen LogP contribution in [0.15, 0.2) is 0 Å². The molecule has 0 aromatic heterocycles. The lowest BCUT2D eigenvalue weighted by Gasteiger charge is -2.13. The Kier molecular flexibility index (Phi) is 8.94. The van der Waals surface area contributed by atoms with E-state index < -0.39 is 7.82 Å². The molecule has 0 atom stereocenters. The zero-order valence-electron chi connectivity index (χ0n) is 8.70. The van der Waals surface area contributed by atoms with Crippen LogP contribution in [0.1, 0.15) is 39.5 Å². The first-order valence-corrected chi connectivity index (χ1v) is 6.65. The van der Waals surface area contributed by atoms with Crippen LogP contribution in [0, 0.1) is 0 Å². The minimum absolute atomic E-state index is 0.340. The molecule has 0 spiro atoms. The first kappa shape index (κ1) is 14.4. The number of unbranched alkanes of at least 4 members (excludes halogenated alkanes) is 2. The maximum atomic E-state index is 11.5. The molecule has 0 fully saturated rings. The van der Waals surface area contributed by atoms with Gasteiger partial charge in [-0.15, -0.1) is 0 Å². The van der Waals surface area contributed by atoms with Crippen molar-refractivity contribution in [3.05, 3.63) is 0 Å². The summed E-state index contributed by atoms with van der Waals surface area (Å²) in [5.41, 5.74) is 0. The van der Waals surface area contributed by atoms with E-state index >= 15 is 0 Å². The normalized spacial score (nSPS) is 11.9. The summed E-state index contributed by atoms with van der Waals surface area (Å²) < 4.78 is 25.6. The molecule has 86 valence electrons. The molecule has 0 aliphatic carbocycles. The van der Waals surface area contributed by atoms with E-state index in [1.54, 1.807) is 0 Å². The molecule has 0 bridgehead atoms. The van der Waals surface area contributed by atoms with Crippen LogP contribution in [0.3, 0.4) is 0 Å². The van der Waals surface area contributed by atoms with Crippen molar-refractivity contribution in [2.75, 3.05) is 13.2 Å². The maximum Gasteiger partial charge on any atom is 0.491 e. The second-order valence-electron chi connectivity index (χ2n) is 2.89. The molecule has 0 N–H and O–H groups in total. The van der Waals surface area contributed by atoms with Crippen LogP contribution in [0.2, 0.25) is 0 Å². The molecule has 0 rings (SSSR count). The van der Waals surface area contributed by atoms with Crippen LogP contribution in [0.25, 0.3) is 0 Å². The van der Waals surface area contributed by atoms with Crippen molar-refractivity contribution < 1.29 is 17.7 Å². The van der Waals surface area contributed by atoms with Gasteiger partial charge in [0.15, 0.2) is 0 Å². The van der Waals surface area contributed by atoms with Crippen LogP contribution in [-0.2, 0) is 17.7 Å². The Morgan fingerprint density at radius 2 is 1.50 bits per heavy atom. The molecule has 4 nitrogen and oxygen atoms in total. The molecular weight excluding hydrogens is 227 g/mol. The highest BCUT2D eigenvalue weighted by Crippen LogP contribution is 2.50. The lowest BCUT2D eigenvalue weighted by atomic mass is 10.4. The van der Waals surface area contributed by atoms with E-state index in [0.29, 0.717) is 13.2 Å². The lowest BCUT2D eigenvalue weighted by molar-refractivity contribution is 0.156. The van der Waals surface area contributed by atoms with E-state index in [1.807, 2.05) is 13.8 Å². The zero-order chi connectivity index (χ0) is 10.9. The first-order chi connectivity index (χ1) is 6.68. The smallest absolute Gasteiger partial charge is 0.286 e. The highest BCUT2D eigenvalue weighted by molar-refractivity contribution is 7.49. The molecule has 0 aromatic rings. The Labute approximate surface area is 90.7 Å². The van der Waals surface area contributed by atoms with Crippen LogP contribution in [0.5, 0.6) is 0 Å². The van der Waals surface area contributed by atoms with Gasteiger partial charge in [-0.25, -0.2) is 4.57 Å². The number of halogens is 1. The van der Waals surface area contributed by atoms with E-state index in [1.165, 1.54) is 0 Å². The van der Waals surface area contributed by atoms with E-state index in [-0.39, 0.29) is 0 Å². The van der Waals surface area contributed by atoms with Crippen molar-refractivity contribution in [2.45, 2.75) is 39.5 Å². The fourth-order valence-corrected chi connectivity index (χ4v) is 1.82. The molecule has 0 saturated carbocycles. The fourth-order valence-electron chi connectivity index (χ4n) is 0.718. The number of phosphoric acid groups is 1. The van der Waals surface area contributed by atoms with Gasteiger partial charge in [0.2, 0.25) is 0 Å². The van der Waals surface area contributed by atoms with Crippen LogP contribution >= 0.6 is 19.7 Å². The second kappa shape index (κ2) is 8.69. The van der Waals surface area contributed by atoms with Gasteiger partial charge in [0.05, 0.1) is 25.1 Å². The molecular formula is C8H18ClO4P. The zero-order valence-corrected chi connectivity index (χ0v) is 10.4. The summed E-state index contributed by atoms with van der Waals surface area (Å²) in [5.74, 6) is 0. The summed E-state index contributed by atoms with van der Waals surface area (Å²) in [6.45, 7) is 4.70. The maximum absolute atomic E-state index is 11.5. The largest absolute Gasteiger partial charge is 0.491 e. The molecule has 0 radical (unpaired) electrons. The molecule has 6 heteroatoms. The minimum atomic E-state index is -3.49. The highest BCUT2D eigenvalue weighted by Gasteiger charge is 2.25. The van der Waals surface area contributed by atoms with Crippen molar-refractivity contribution >= 4 is 19.7 Å². The van der Waals surface area contributed by atoms with Gasteiger partial charge >= 0.3 is 7.82 Å². The molecule has 0 aliphatic heterocycles. The van der Waals surface area contributed by atoms with E-state index in [9.17, 15) is 4.57 Å². The number of phosphoric ester groups is 1. The van der Waals surface area contributed by atoms with Gasteiger partial charge in [0, 0.05) is 0 Å². The number of hydrogen-bond donors (Lipinski definition) is 0. The molecule has 0 aliphatic rings. The quantitative estimate of drug-likeness (QED) is 0.456. The summed E-state index contributed by atoms with van der Waals surface area (Å²) in [6, 6.07) is 0. The van der Waals surface area contributed by atoms with Crippen LogP contribution in [0.4, 0.5) is 0 Å². The Hall–Kier alpha value is 0.400. The highest BCUT2D eigenvalue weighted by atomic mass is 35.5. The van der Waals surface area contributed by atoms with Crippen molar-refractivity contribution in [1.82, 2.24) is 0 Å². The third kappa shape index (κ3) is 6.80. The molecule has 0 saturated heterocycles. The van der Waals surface area contributed by atoms with Gasteiger partial charge in [-0.05, 0) is 12.8 Å². The third-order valence-corrected chi connectivity index (χ3v) is 3.25. The molecule has 0 unspecified atom stereocenters. The Morgan fingerprint density at radius 3 is 1.79 bits per heavy atom. The monoisotopic (exact) mass is 244 g/mol. The van der Waals surface area contributed by atoms with Crippen molar-refractivity contribution in [1.29, 1.82) is 0 Å². The van der Waals surface area contributed by atoms with Crippen LogP contribution in [-0.4, -0.2) is 13.2 Å². The van der Waals surface area contributed by atoms with E-state index in [4.69, 9.17) is 20.9 Å². The predicted molar refractivity (Wildman–Crippen MR) is 56.3 cm³/mol. The lowest BCUT2D eigenvalue weighted by Crippen LogP contribution is -1.99. The molecule has 0 aromatic carbocycles. The number of rotatable bonds is 9. The molecule has 0 heterocycles. The topological polar surface area (TPSA) is 44.8 Å². The minimum Gasteiger partial charge on any atom is -0.286 e. The summed E-state index contributed by atoms with van der Waals surface area (Å²) in [7, 11) is -3.49. The van der Waals surface area contributed by atoms with Crippen LogP contribution < -0.4 is 0 Å². The van der Waals surface area contributed by atoms with Crippen molar-refractivity contribution in [3.8, 4) is 0 Å². The third-order valence-electron chi connectivity index (χ3n) is 1.58. The van der Waals surface area contributed by atoms with Gasteiger partial charge in [-0.1, -0.05) is 26.7 Å². The van der Waals surface area contributed by atoms with E-state index in [2.05, 4.69) is 4.08 Å². The Bertz CT molecular complexity index is 163. The fraction of sp³-hybridized carbons (Fsp3) is 1.00. The second-order valence-corrected chi connectivity index (χ2v) is 4.85. The first-order valence-electron chi connectivity index (χ1n) is 4.88. The van der Waals surface area contributed by atoms with Crippen molar-refractivity contribution in [2.24, 2.45) is 0 Å². The summed E-state index contributed by atoms with van der Waals surface area (Å²) >= 11 is 5.05. The standard InChI is InChI=1S/C8H18ClO4P/c1-3-5-7-11-14(10,13-9)12-8-6-4-2/h3-8H2,1-2H3. The van der Waals surface area contributed by atoms with E-state index in [0.717, 1.165) is 25.7 Å².